The molecule has 9 aromatic carbocycles. The molecule has 2 aliphatic rings. The molecule has 288 valence electrons. The molecule has 0 bridgehead atoms. The maximum atomic E-state index is 5.10. The quantitative estimate of drug-likeness (QED) is 0.174. The molecule has 0 fully saturated rings. The lowest BCUT2D eigenvalue weighted by atomic mass is 9.65. The summed E-state index contributed by atoms with van der Waals surface area (Å²) in [5, 5.41) is 2.50. The monoisotopic (exact) mass is 788 g/mol. The van der Waals surface area contributed by atoms with E-state index in [0.717, 1.165) is 27.8 Å². The third-order valence-electron chi connectivity index (χ3n) is 13.1. The number of rotatable bonds is 5. The predicted octanol–water partition coefficient (Wildman–Crippen LogP) is 14.0. The van der Waals surface area contributed by atoms with Crippen molar-refractivity contribution in [1.29, 1.82) is 0 Å². The third kappa shape index (κ3) is 4.92. The molecule has 3 heterocycles. The standard InChI is InChI=1S/C58H36N4/c1-3-15-37(16-4-1)38-27-31-41(32-28-38)56-59-55(40-17-5-2-6-18-40)60-57(61-56)42-33-29-39(30-34-42)43-35-36-50-54-53(43)46-21-9-13-25-51(46)62(54)52-26-14-12-24-49(52)58(50)47-22-10-7-19-44(47)45-20-8-11-23-48(45)58/h1-36H. The maximum Gasteiger partial charge on any atom is 0.164 e. The lowest BCUT2D eigenvalue weighted by Crippen LogP contribution is -2.33. The van der Waals surface area contributed by atoms with Crippen molar-refractivity contribution in [3.63, 3.8) is 0 Å². The number of nitrogens with zero attached hydrogens (tertiary/aromatic N) is 4. The topological polar surface area (TPSA) is 43.6 Å². The van der Waals surface area contributed by atoms with E-state index < -0.39 is 5.41 Å². The van der Waals surface area contributed by atoms with Gasteiger partial charge in [-0.1, -0.05) is 206 Å². The fourth-order valence-electron chi connectivity index (χ4n) is 10.4. The van der Waals surface area contributed by atoms with Crippen LogP contribution in [0.1, 0.15) is 22.3 Å². The first-order valence-corrected chi connectivity index (χ1v) is 21.2. The van der Waals surface area contributed by atoms with Crippen LogP contribution in [0.5, 0.6) is 0 Å². The molecule has 0 radical (unpaired) electrons. The number of fused-ring (bicyclic) bond motifs is 12. The van der Waals surface area contributed by atoms with Crippen molar-refractivity contribution in [2.24, 2.45) is 0 Å². The minimum Gasteiger partial charge on any atom is -0.309 e. The highest BCUT2D eigenvalue weighted by atomic mass is 15.0. The van der Waals surface area contributed by atoms with E-state index in [1.165, 1.54) is 72.0 Å². The largest absolute Gasteiger partial charge is 0.309 e. The Morgan fingerprint density at radius 3 is 1.39 bits per heavy atom. The fraction of sp³-hybridized carbons (Fsp3) is 0.0172. The summed E-state index contributed by atoms with van der Waals surface area (Å²) in [7, 11) is 0. The normalized spacial score (nSPS) is 13.0. The predicted molar refractivity (Wildman–Crippen MR) is 252 cm³/mol. The molecule has 1 aliphatic carbocycles. The summed E-state index contributed by atoms with van der Waals surface area (Å²) in [5.74, 6) is 1.92. The van der Waals surface area contributed by atoms with Crippen LogP contribution < -0.4 is 0 Å². The van der Waals surface area contributed by atoms with Crippen LogP contribution in [-0.4, -0.2) is 19.5 Å². The Bertz CT molecular complexity index is 3510. The third-order valence-corrected chi connectivity index (χ3v) is 13.1. The first kappa shape index (κ1) is 34.6. The Hall–Kier alpha value is -8.21. The fourth-order valence-corrected chi connectivity index (χ4v) is 10.4. The van der Waals surface area contributed by atoms with Gasteiger partial charge in [0.15, 0.2) is 17.5 Å². The van der Waals surface area contributed by atoms with E-state index in [-0.39, 0.29) is 0 Å². The lowest BCUT2D eigenvalue weighted by Gasteiger charge is -2.39. The second kappa shape index (κ2) is 13.4. The Morgan fingerprint density at radius 2 is 0.758 bits per heavy atom. The molecule has 0 amide bonds. The number of aromatic nitrogens is 4. The maximum absolute atomic E-state index is 5.10. The number of para-hydroxylation sites is 2. The van der Waals surface area contributed by atoms with Crippen LogP contribution in [0.25, 0.3) is 95.0 Å². The Balaban J connectivity index is 0.986. The van der Waals surface area contributed by atoms with Crippen LogP contribution in [0.15, 0.2) is 218 Å². The van der Waals surface area contributed by atoms with Crippen molar-refractivity contribution < 1.29 is 0 Å². The van der Waals surface area contributed by atoms with Crippen LogP contribution in [0.2, 0.25) is 0 Å². The van der Waals surface area contributed by atoms with Crippen molar-refractivity contribution in [1.82, 2.24) is 19.5 Å². The SMILES string of the molecule is c1ccc(-c2ccc(-c3nc(-c4ccccc4)nc(-c4ccc(-c5ccc6c7c5c5ccccc5n7-c5ccccc5C65c6ccccc6-c6ccccc65)cc4)n3)cc2)cc1. The molecule has 4 heteroatoms. The molecular weight excluding hydrogens is 753 g/mol. The van der Waals surface area contributed by atoms with Gasteiger partial charge in [-0.25, -0.2) is 15.0 Å². The van der Waals surface area contributed by atoms with Crippen molar-refractivity contribution in [2.75, 3.05) is 0 Å². The summed E-state index contributed by atoms with van der Waals surface area (Å²) in [6.45, 7) is 0. The molecule has 1 aliphatic heterocycles. The van der Waals surface area contributed by atoms with Gasteiger partial charge in [0.2, 0.25) is 0 Å². The summed E-state index contributed by atoms with van der Waals surface area (Å²) in [6.07, 6.45) is 0. The van der Waals surface area contributed by atoms with Gasteiger partial charge in [-0.15, -0.1) is 0 Å². The van der Waals surface area contributed by atoms with Crippen molar-refractivity contribution in [3.05, 3.63) is 241 Å². The molecule has 0 saturated heterocycles. The lowest BCUT2D eigenvalue weighted by molar-refractivity contribution is 0.748. The van der Waals surface area contributed by atoms with Gasteiger partial charge in [-0.3, -0.25) is 0 Å². The minimum absolute atomic E-state index is 0.469. The van der Waals surface area contributed by atoms with E-state index in [1.807, 2.05) is 24.3 Å². The van der Waals surface area contributed by atoms with E-state index in [1.54, 1.807) is 0 Å². The highest BCUT2D eigenvalue weighted by molar-refractivity contribution is 6.18. The van der Waals surface area contributed by atoms with E-state index in [0.29, 0.717) is 17.5 Å². The Labute approximate surface area is 359 Å². The van der Waals surface area contributed by atoms with Gasteiger partial charge in [0, 0.05) is 27.5 Å². The highest BCUT2D eigenvalue weighted by Gasteiger charge is 2.50. The van der Waals surface area contributed by atoms with E-state index in [2.05, 4.69) is 199 Å². The number of hydrogen-bond donors (Lipinski definition) is 0. The first-order valence-electron chi connectivity index (χ1n) is 21.2. The molecule has 13 rings (SSSR count). The Morgan fingerprint density at radius 1 is 0.306 bits per heavy atom. The van der Waals surface area contributed by atoms with Crippen LogP contribution in [-0.2, 0) is 5.41 Å². The molecule has 0 N–H and O–H groups in total. The molecule has 0 saturated carbocycles. The zero-order valence-corrected chi connectivity index (χ0v) is 33.6. The molecule has 0 unspecified atom stereocenters. The molecule has 2 aromatic heterocycles. The average molecular weight is 789 g/mol. The first-order chi connectivity index (χ1) is 30.8. The van der Waals surface area contributed by atoms with Crippen LogP contribution in [0, 0.1) is 0 Å². The average Bonchev–Trinajstić information content (AvgIpc) is 3.86. The van der Waals surface area contributed by atoms with E-state index in [9.17, 15) is 0 Å². The smallest absolute Gasteiger partial charge is 0.164 e. The molecule has 62 heavy (non-hydrogen) atoms. The molecule has 1 spiro atoms. The van der Waals surface area contributed by atoms with Crippen LogP contribution in [0.3, 0.4) is 0 Å². The zero-order chi connectivity index (χ0) is 40.8. The summed E-state index contributed by atoms with van der Waals surface area (Å²) < 4.78 is 2.52. The summed E-state index contributed by atoms with van der Waals surface area (Å²) >= 11 is 0. The molecule has 11 aromatic rings. The summed E-state index contributed by atoms with van der Waals surface area (Å²) in [4.78, 5) is 15.2. The van der Waals surface area contributed by atoms with Gasteiger partial charge in [-0.05, 0) is 67.8 Å². The Kier molecular flexibility index (Phi) is 7.49. The van der Waals surface area contributed by atoms with Gasteiger partial charge in [0.05, 0.1) is 22.1 Å². The van der Waals surface area contributed by atoms with Gasteiger partial charge in [0.25, 0.3) is 0 Å². The van der Waals surface area contributed by atoms with Crippen LogP contribution >= 0.6 is 0 Å². The van der Waals surface area contributed by atoms with Gasteiger partial charge in [-0.2, -0.15) is 0 Å². The van der Waals surface area contributed by atoms with Gasteiger partial charge < -0.3 is 4.57 Å². The van der Waals surface area contributed by atoms with Crippen LogP contribution in [0.4, 0.5) is 0 Å². The minimum atomic E-state index is -0.469. The molecule has 4 nitrogen and oxygen atoms in total. The highest BCUT2D eigenvalue weighted by Crippen LogP contribution is 2.61. The summed E-state index contributed by atoms with van der Waals surface area (Å²) in [6, 6.07) is 78.6. The van der Waals surface area contributed by atoms with E-state index in [4.69, 9.17) is 15.0 Å². The zero-order valence-electron chi connectivity index (χ0n) is 33.6. The van der Waals surface area contributed by atoms with Crippen molar-refractivity contribution in [2.45, 2.75) is 5.41 Å². The summed E-state index contributed by atoms with van der Waals surface area (Å²) in [5.41, 5.74) is 18.6. The van der Waals surface area contributed by atoms with Gasteiger partial charge in [0.1, 0.15) is 0 Å². The number of hydrogen-bond acceptors (Lipinski definition) is 3. The molecule has 0 atom stereocenters. The second-order valence-electron chi connectivity index (χ2n) is 16.3. The molecular formula is C58H36N4. The van der Waals surface area contributed by atoms with Crippen molar-refractivity contribution >= 4 is 21.8 Å². The van der Waals surface area contributed by atoms with Crippen molar-refractivity contribution in [3.8, 4) is 73.2 Å². The number of benzene rings is 9. The second-order valence-corrected chi connectivity index (χ2v) is 16.3. The van der Waals surface area contributed by atoms with Gasteiger partial charge >= 0.3 is 0 Å². The van der Waals surface area contributed by atoms with E-state index >= 15 is 0 Å².